The van der Waals surface area contributed by atoms with Gasteiger partial charge in [-0.25, -0.2) is 14.3 Å². The van der Waals surface area contributed by atoms with Crippen LogP contribution in [0.1, 0.15) is 46.6 Å². The molecule has 1 aliphatic heterocycles. The molecule has 0 saturated carbocycles. The Balaban J connectivity index is 0.00000132. The third-order valence-corrected chi connectivity index (χ3v) is 4.66. The van der Waals surface area contributed by atoms with Crippen LogP contribution in [0.25, 0.3) is 16.9 Å². The van der Waals surface area contributed by atoms with Gasteiger partial charge in [-0.15, -0.1) is 0 Å². The largest absolute Gasteiger partial charge is 0.487 e. The molecule has 1 saturated heterocycles. The van der Waals surface area contributed by atoms with Gasteiger partial charge in [-0.1, -0.05) is 13.8 Å². The van der Waals surface area contributed by atoms with Crippen molar-refractivity contribution >= 4 is 11.7 Å². The zero-order chi connectivity index (χ0) is 22.6. The van der Waals surface area contributed by atoms with Crippen LogP contribution >= 0.6 is 0 Å². The van der Waals surface area contributed by atoms with E-state index in [0.717, 1.165) is 28.9 Å². The Kier molecular flexibility index (Phi) is 6.77. The molecule has 3 aromatic rings. The Labute approximate surface area is 183 Å². The fourth-order valence-electron chi connectivity index (χ4n) is 3.26. The monoisotopic (exact) mass is 425 g/mol. The van der Waals surface area contributed by atoms with E-state index in [9.17, 15) is 4.79 Å². The van der Waals surface area contributed by atoms with Crippen molar-refractivity contribution in [2.75, 3.05) is 13.1 Å². The maximum atomic E-state index is 12.2. The molecule has 166 valence electrons. The highest BCUT2D eigenvalue weighted by atomic mass is 16.6. The zero-order valence-corrected chi connectivity index (χ0v) is 19.1. The van der Waals surface area contributed by atoms with Crippen LogP contribution in [-0.2, 0) is 4.74 Å². The summed E-state index contributed by atoms with van der Waals surface area (Å²) in [7, 11) is 0. The number of likely N-dealkylation sites (tertiary alicyclic amines) is 1. The van der Waals surface area contributed by atoms with Crippen LogP contribution in [0.4, 0.5) is 4.79 Å². The maximum Gasteiger partial charge on any atom is 0.410 e. The van der Waals surface area contributed by atoms with E-state index in [1.807, 2.05) is 59.9 Å². The van der Waals surface area contributed by atoms with Crippen molar-refractivity contribution in [3.63, 3.8) is 0 Å². The summed E-state index contributed by atoms with van der Waals surface area (Å²) < 4.78 is 13.2. The predicted octanol–water partition coefficient (Wildman–Crippen LogP) is 4.51. The summed E-state index contributed by atoms with van der Waals surface area (Å²) in [6, 6.07) is 3.78. The number of hydrogen-bond acceptors (Lipinski definition) is 6. The molecule has 1 aliphatic rings. The van der Waals surface area contributed by atoms with Crippen molar-refractivity contribution < 1.29 is 14.3 Å². The van der Waals surface area contributed by atoms with Gasteiger partial charge in [0.2, 0.25) is 0 Å². The number of nitrogens with zero attached hydrogens (tertiary/aromatic N) is 5. The van der Waals surface area contributed by atoms with Crippen molar-refractivity contribution in [2.45, 2.75) is 59.7 Å². The fourth-order valence-corrected chi connectivity index (χ4v) is 3.26. The molecule has 8 heteroatoms. The Bertz CT molecular complexity index is 1020. The molecule has 0 bridgehead atoms. The molecule has 1 atom stereocenters. The minimum atomic E-state index is -0.498. The minimum absolute atomic E-state index is 0.0692. The summed E-state index contributed by atoms with van der Waals surface area (Å²) in [6.45, 7) is 12.7. The van der Waals surface area contributed by atoms with Crippen LogP contribution in [0.3, 0.4) is 0 Å². The summed E-state index contributed by atoms with van der Waals surface area (Å²) in [5.74, 6) is 0.675. The molecule has 0 N–H and O–H groups in total. The van der Waals surface area contributed by atoms with Crippen LogP contribution in [0.5, 0.6) is 5.75 Å². The van der Waals surface area contributed by atoms with Gasteiger partial charge in [0.25, 0.3) is 0 Å². The first kappa shape index (κ1) is 22.5. The lowest BCUT2D eigenvalue weighted by molar-refractivity contribution is 0.0275. The number of aromatic nitrogens is 4. The van der Waals surface area contributed by atoms with Gasteiger partial charge in [-0.2, -0.15) is 5.10 Å². The molecular weight excluding hydrogens is 394 g/mol. The average molecular weight is 426 g/mol. The number of pyridine rings is 1. The van der Waals surface area contributed by atoms with E-state index in [1.165, 1.54) is 0 Å². The van der Waals surface area contributed by atoms with Gasteiger partial charge < -0.3 is 14.4 Å². The topological polar surface area (TPSA) is 81.9 Å². The quantitative estimate of drug-likeness (QED) is 0.614. The maximum absolute atomic E-state index is 12.2. The zero-order valence-electron chi connectivity index (χ0n) is 19.1. The minimum Gasteiger partial charge on any atom is -0.487 e. The second-order valence-corrected chi connectivity index (χ2v) is 8.27. The third kappa shape index (κ3) is 5.51. The van der Waals surface area contributed by atoms with Gasteiger partial charge in [0.15, 0.2) is 5.65 Å². The molecule has 31 heavy (non-hydrogen) atoms. The van der Waals surface area contributed by atoms with E-state index in [-0.39, 0.29) is 12.2 Å². The summed E-state index contributed by atoms with van der Waals surface area (Å²) in [6.07, 6.45) is 7.59. The van der Waals surface area contributed by atoms with Gasteiger partial charge in [0.1, 0.15) is 17.5 Å². The second kappa shape index (κ2) is 9.32. The fraction of sp³-hybridized carbons (Fsp3) is 0.478. The highest BCUT2D eigenvalue weighted by Gasteiger charge is 2.30. The molecule has 4 heterocycles. The SMILES string of the molecule is CC.Cc1cnn2cc(-c3ccc(OC4CCN(C(=O)OC(C)(C)C)C4)cn3)cnc12. The first-order valence-corrected chi connectivity index (χ1v) is 10.7. The molecule has 4 rings (SSSR count). The van der Waals surface area contributed by atoms with Crippen LogP contribution in [-0.4, -0.2) is 55.4 Å². The molecule has 3 aromatic heterocycles. The molecule has 0 spiro atoms. The van der Waals surface area contributed by atoms with E-state index in [2.05, 4.69) is 15.1 Å². The van der Waals surface area contributed by atoms with Gasteiger partial charge in [0, 0.05) is 36.5 Å². The number of carbonyl (C=O) groups is 1. The van der Waals surface area contributed by atoms with E-state index in [4.69, 9.17) is 9.47 Å². The predicted molar refractivity (Wildman–Crippen MR) is 119 cm³/mol. The number of amides is 1. The first-order chi connectivity index (χ1) is 14.8. The molecule has 0 radical (unpaired) electrons. The van der Waals surface area contributed by atoms with Gasteiger partial charge in [-0.3, -0.25) is 4.98 Å². The third-order valence-electron chi connectivity index (χ3n) is 4.66. The van der Waals surface area contributed by atoms with Crippen LogP contribution in [0.2, 0.25) is 0 Å². The number of aryl methyl sites for hydroxylation is 1. The van der Waals surface area contributed by atoms with Crippen molar-refractivity contribution in [1.29, 1.82) is 0 Å². The van der Waals surface area contributed by atoms with Gasteiger partial charge in [0.05, 0.1) is 24.6 Å². The smallest absolute Gasteiger partial charge is 0.410 e. The summed E-state index contributed by atoms with van der Waals surface area (Å²) in [5.41, 5.74) is 3.04. The highest BCUT2D eigenvalue weighted by Crippen LogP contribution is 2.23. The molecule has 0 aromatic carbocycles. The number of hydrogen-bond donors (Lipinski definition) is 0. The second-order valence-electron chi connectivity index (χ2n) is 8.27. The van der Waals surface area contributed by atoms with E-state index < -0.39 is 5.60 Å². The van der Waals surface area contributed by atoms with Crippen LogP contribution < -0.4 is 4.74 Å². The van der Waals surface area contributed by atoms with Crippen molar-refractivity contribution in [2.24, 2.45) is 0 Å². The summed E-state index contributed by atoms with van der Waals surface area (Å²) >= 11 is 0. The van der Waals surface area contributed by atoms with E-state index in [1.54, 1.807) is 28.0 Å². The lowest BCUT2D eigenvalue weighted by Crippen LogP contribution is -2.36. The molecule has 0 aliphatic carbocycles. The molecule has 8 nitrogen and oxygen atoms in total. The van der Waals surface area contributed by atoms with Crippen molar-refractivity contribution in [3.05, 3.63) is 42.5 Å². The van der Waals surface area contributed by atoms with Crippen molar-refractivity contribution in [1.82, 2.24) is 24.5 Å². The highest BCUT2D eigenvalue weighted by molar-refractivity contribution is 5.68. The molecule has 1 amide bonds. The Morgan fingerprint density at radius 3 is 2.58 bits per heavy atom. The summed E-state index contributed by atoms with van der Waals surface area (Å²) in [4.78, 5) is 22.8. The van der Waals surface area contributed by atoms with Crippen LogP contribution in [0, 0.1) is 6.92 Å². The Hall–Kier alpha value is -3.16. The Morgan fingerprint density at radius 1 is 1.13 bits per heavy atom. The van der Waals surface area contributed by atoms with Gasteiger partial charge >= 0.3 is 6.09 Å². The molecular formula is C23H31N5O3. The molecule has 1 fully saturated rings. The Morgan fingerprint density at radius 2 is 1.90 bits per heavy atom. The number of fused-ring (bicyclic) bond motifs is 1. The average Bonchev–Trinajstić information content (AvgIpc) is 3.36. The standard InChI is InChI=1S/C21H25N5O3.C2H6/c1-14-9-24-26-12-15(10-23-19(14)26)18-6-5-16(11-22-18)28-17-7-8-25(13-17)20(27)29-21(2,3)4;1-2/h5-6,9-12,17H,7-8,13H2,1-4H3;1-2H3. The van der Waals surface area contributed by atoms with Crippen molar-refractivity contribution in [3.8, 4) is 17.0 Å². The number of carbonyl (C=O) groups excluding carboxylic acids is 1. The van der Waals surface area contributed by atoms with E-state index in [0.29, 0.717) is 18.8 Å². The van der Waals surface area contributed by atoms with Crippen LogP contribution in [0.15, 0.2) is 36.9 Å². The number of ether oxygens (including phenoxy) is 2. The van der Waals surface area contributed by atoms with E-state index >= 15 is 0 Å². The normalized spacial score (nSPS) is 16.1. The lowest BCUT2D eigenvalue weighted by atomic mass is 10.2. The number of rotatable bonds is 3. The van der Waals surface area contributed by atoms with Gasteiger partial charge in [-0.05, 0) is 39.8 Å². The molecule has 1 unspecified atom stereocenters. The summed E-state index contributed by atoms with van der Waals surface area (Å²) in [5, 5.41) is 4.29. The lowest BCUT2D eigenvalue weighted by Gasteiger charge is -2.24. The first-order valence-electron chi connectivity index (χ1n) is 10.7.